The summed E-state index contributed by atoms with van der Waals surface area (Å²) in [6, 6.07) is 10.3. The SMILES string of the molecule is COc1ccc(CCNc2nc(C)cc(N3CCCC(C)C3)n2)cc1. The second-order valence-electron chi connectivity index (χ2n) is 6.91. The van der Waals surface area contributed by atoms with Gasteiger partial charge in [-0.2, -0.15) is 4.98 Å². The van der Waals surface area contributed by atoms with Crippen LogP contribution in [0.4, 0.5) is 11.8 Å². The zero-order valence-corrected chi connectivity index (χ0v) is 15.5. The molecule has 25 heavy (non-hydrogen) atoms. The van der Waals surface area contributed by atoms with Crippen LogP contribution in [-0.2, 0) is 6.42 Å². The predicted molar refractivity (Wildman–Crippen MR) is 103 cm³/mol. The van der Waals surface area contributed by atoms with Gasteiger partial charge in [-0.05, 0) is 49.8 Å². The first-order valence-corrected chi connectivity index (χ1v) is 9.11. The van der Waals surface area contributed by atoms with E-state index in [0.29, 0.717) is 0 Å². The Morgan fingerprint density at radius 2 is 2.04 bits per heavy atom. The number of anilines is 2. The molecule has 1 aromatic heterocycles. The van der Waals surface area contributed by atoms with Crippen LogP contribution in [-0.4, -0.2) is 36.7 Å². The van der Waals surface area contributed by atoms with E-state index in [1.54, 1.807) is 7.11 Å². The van der Waals surface area contributed by atoms with Crippen LogP contribution < -0.4 is 15.0 Å². The van der Waals surface area contributed by atoms with Crippen LogP contribution in [0.25, 0.3) is 0 Å². The minimum absolute atomic E-state index is 0.724. The van der Waals surface area contributed by atoms with Gasteiger partial charge in [0.1, 0.15) is 11.6 Å². The molecule has 0 saturated carbocycles. The summed E-state index contributed by atoms with van der Waals surface area (Å²) in [7, 11) is 1.69. The number of nitrogens with zero attached hydrogens (tertiary/aromatic N) is 3. The summed E-state index contributed by atoms with van der Waals surface area (Å²) in [5.74, 6) is 3.39. The molecule has 1 unspecified atom stereocenters. The maximum absolute atomic E-state index is 5.19. The minimum atomic E-state index is 0.724. The Hall–Kier alpha value is -2.30. The summed E-state index contributed by atoms with van der Waals surface area (Å²) >= 11 is 0. The van der Waals surface area contributed by atoms with E-state index in [0.717, 1.165) is 55.2 Å². The highest BCUT2D eigenvalue weighted by Gasteiger charge is 2.18. The molecule has 1 N–H and O–H groups in total. The standard InChI is InChI=1S/C20H28N4O/c1-15-5-4-12-24(14-15)19-13-16(2)22-20(23-19)21-11-10-17-6-8-18(25-3)9-7-17/h6-9,13,15H,4-5,10-12,14H2,1-3H3,(H,21,22,23). The minimum Gasteiger partial charge on any atom is -0.497 e. The molecule has 1 aromatic carbocycles. The van der Waals surface area contributed by atoms with Gasteiger partial charge in [-0.1, -0.05) is 19.1 Å². The van der Waals surface area contributed by atoms with E-state index in [-0.39, 0.29) is 0 Å². The molecule has 5 nitrogen and oxygen atoms in total. The van der Waals surface area contributed by atoms with Crippen LogP contribution in [0.15, 0.2) is 30.3 Å². The molecule has 0 spiro atoms. The summed E-state index contributed by atoms with van der Waals surface area (Å²) in [4.78, 5) is 11.7. The lowest BCUT2D eigenvalue weighted by Gasteiger charge is -2.32. The quantitative estimate of drug-likeness (QED) is 0.869. The molecule has 1 fully saturated rings. The molecule has 0 bridgehead atoms. The fraction of sp³-hybridized carbons (Fsp3) is 0.500. The van der Waals surface area contributed by atoms with Crippen molar-refractivity contribution in [2.45, 2.75) is 33.1 Å². The van der Waals surface area contributed by atoms with Gasteiger partial charge in [0, 0.05) is 31.4 Å². The molecule has 2 heterocycles. The van der Waals surface area contributed by atoms with E-state index < -0.39 is 0 Å². The molecule has 1 atom stereocenters. The lowest BCUT2D eigenvalue weighted by Crippen LogP contribution is -2.35. The van der Waals surface area contributed by atoms with E-state index >= 15 is 0 Å². The molecule has 134 valence electrons. The van der Waals surface area contributed by atoms with Gasteiger partial charge in [-0.3, -0.25) is 0 Å². The lowest BCUT2D eigenvalue weighted by atomic mass is 10.0. The summed E-state index contributed by atoms with van der Waals surface area (Å²) in [5.41, 5.74) is 2.28. The van der Waals surface area contributed by atoms with Gasteiger partial charge in [-0.25, -0.2) is 4.98 Å². The molecule has 1 saturated heterocycles. The first-order valence-electron chi connectivity index (χ1n) is 9.11. The van der Waals surface area contributed by atoms with Gasteiger partial charge in [0.25, 0.3) is 0 Å². The predicted octanol–water partition coefficient (Wildman–Crippen LogP) is 3.68. The van der Waals surface area contributed by atoms with Crippen LogP contribution >= 0.6 is 0 Å². The highest BCUT2D eigenvalue weighted by atomic mass is 16.5. The van der Waals surface area contributed by atoms with Gasteiger partial charge < -0.3 is 15.0 Å². The summed E-state index contributed by atoms with van der Waals surface area (Å²) in [5, 5.41) is 3.37. The van der Waals surface area contributed by atoms with E-state index in [1.807, 2.05) is 19.1 Å². The van der Waals surface area contributed by atoms with Crippen LogP contribution in [0, 0.1) is 12.8 Å². The average molecular weight is 340 g/mol. The highest BCUT2D eigenvalue weighted by molar-refractivity contribution is 5.45. The number of aryl methyl sites for hydroxylation is 1. The Bertz CT molecular complexity index is 687. The first kappa shape index (κ1) is 17.5. The van der Waals surface area contributed by atoms with Crippen LogP contribution in [0.2, 0.25) is 0 Å². The maximum Gasteiger partial charge on any atom is 0.224 e. The number of hydrogen-bond acceptors (Lipinski definition) is 5. The molecule has 1 aliphatic heterocycles. The average Bonchev–Trinajstić information content (AvgIpc) is 2.62. The zero-order valence-electron chi connectivity index (χ0n) is 15.5. The van der Waals surface area contributed by atoms with Crippen molar-refractivity contribution in [2.24, 2.45) is 5.92 Å². The molecule has 0 radical (unpaired) electrons. The Kier molecular flexibility index (Phi) is 5.74. The fourth-order valence-electron chi connectivity index (χ4n) is 3.30. The Morgan fingerprint density at radius 1 is 1.24 bits per heavy atom. The van der Waals surface area contributed by atoms with Crippen LogP contribution in [0.3, 0.4) is 0 Å². The van der Waals surface area contributed by atoms with Crippen molar-refractivity contribution in [1.82, 2.24) is 9.97 Å². The van der Waals surface area contributed by atoms with E-state index in [2.05, 4.69) is 40.3 Å². The molecule has 1 aliphatic rings. The van der Waals surface area contributed by atoms with E-state index in [1.165, 1.54) is 18.4 Å². The van der Waals surface area contributed by atoms with Gasteiger partial charge in [-0.15, -0.1) is 0 Å². The number of piperidine rings is 1. The molecule has 0 amide bonds. The molecule has 2 aromatic rings. The van der Waals surface area contributed by atoms with Crippen molar-refractivity contribution in [3.8, 4) is 5.75 Å². The van der Waals surface area contributed by atoms with E-state index in [4.69, 9.17) is 9.72 Å². The molecular weight excluding hydrogens is 312 g/mol. The topological polar surface area (TPSA) is 50.3 Å². The van der Waals surface area contributed by atoms with Crippen molar-refractivity contribution in [3.05, 3.63) is 41.6 Å². The largest absolute Gasteiger partial charge is 0.497 e. The van der Waals surface area contributed by atoms with Crippen molar-refractivity contribution >= 4 is 11.8 Å². The number of ether oxygens (including phenoxy) is 1. The number of nitrogens with one attached hydrogen (secondary N) is 1. The van der Waals surface area contributed by atoms with Gasteiger partial charge in [0.15, 0.2) is 0 Å². The maximum atomic E-state index is 5.19. The van der Waals surface area contributed by atoms with Crippen molar-refractivity contribution in [3.63, 3.8) is 0 Å². The Labute approximate surface area is 150 Å². The van der Waals surface area contributed by atoms with Gasteiger partial charge in [0.2, 0.25) is 5.95 Å². The third-order valence-electron chi connectivity index (χ3n) is 4.68. The fourth-order valence-corrected chi connectivity index (χ4v) is 3.30. The number of hydrogen-bond donors (Lipinski definition) is 1. The van der Waals surface area contributed by atoms with Crippen molar-refractivity contribution in [1.29, 1.82) is 0 Å². The monoisotopic (exact) mass is 340 g/mol. The molecular formula is C20H28N4O. The third kappa shape index (κ3) is 4.84. The zero-order chi connectivity index (χ0) is 17.6. The summed E-state index contributed by atoms with van der Waals surface area (Å²) in [6.45, 7) is 7.33. The first-order chi connectivity index (χ1) is 12.1. The van der Waals surface area contributed by atoms with Gasteiger partial charge >= 0.3 is 0 Å². The summed E-state index contributed by atoms with van der Waals surface area (Å²) < 4.78 is 5.19. The van der Waals surface area contributed by atoms with Crippen LogP contribution in [0.1, 0.15) is 31.0 Å². The third-order valence-corrected chi connectivity index (χ3v) is 4.68. The summed E-state index contributed by atoms with van der Waals surface area (Å²) in [6.07, 6.45) is 3.48. The second kappa shape index (κ2) is 8.19. The second-order valence-corrected chi connectivity index (χ2v) is 6.91. The number of rotatable bonds is 6. The smallest absolute Gasteiger partial charge is 0.224 e. The van der Waals surface area contributed by atoms with Gasteiger partial charge in [0.05, 0.1) is 7.11 Å². The lowest BCUT2D eigenvalue weighted by molar-refractivity contribution is 0.414. The molecule has 3 rings (SSSR count). The highest BCUT2D eigenvalue weighted by Crippen LogP contribution is 2.22. The van der Waals surface area contributed by atoms with E-state index in [9.17, 15) is 0 Å². The number of methoxy groups -OCH3 is 1. The molecule has 0 aliphatic carbocycles. The van der Waals surface area contributed by atoms with Crippen molar-refractivity contribution < 1.29 is 4.74 Å². The number of aromatic nitrogens is 2. The molecule has 5 heteroatoms. The van der Waals surface area contributed by atoms with Crippen LogP contribution in [0.5, 0.6) is 5.75 Å². The van der Waals surface area contributed by atoms with Crippen molar-refractivity contribution in [2.75, 3.05) is 37.0 Å². The number of benzene rings is 1. The normalized spacial score (nSPS) is 17.4. The Balaban J connectivity index is 1.60. The Morgan fingerprint density at radius 3 is 2.76 bits per heavy atom.